The van der Waals surface area contributed by atoms with Crippen LogP contribution in [0.2, 0.25) is 0 Å². The summed E-state index contributed by atoms with van der Waals surface area (Å²) in [5.41, 5.74) is 0.277. The summed E-state index contributed by atoms with van der Waals surface area (Å²) in [5.74, 6) is 0.677. The molecule has 0 aromatic heterocycles. The summed E-state index contributed by atoms with van der Waals surface area (Å²) in [6.07, 6.45) is -1.48. The van der Waals surface area contributed by atoms with E-state index in [1.165, 1.54) is 6.07 Å². The number of hydrogen-bond donors (Lipinski definition) is 0. The molecule has 1 aromatic rings. The topological polar surface area (TPSA) is 91.4 Å². The van der Waals surface area contributed by atoms with Crippen molar-refractivity contribution in [1.29, 1.82) is 0 Å². The Morgan fingerprint density at radius 2 is 1.96 bits per heavy atom. The first-order valence-corrected chi connectivity index (χ1v) is 9.27. The normalized spacial score (nSPS) is 18.2. The molecule has 0 bridgehead atoms. The van der Waals surface area contributed by atoms with Gasteiger partial charge in [0.2, 0.25) is 6.29 Å². The van der Waals surface area contributed by atoms with E-state index < -0.39 is 28.1 Å². The number of ether oxygens (including phenoxy) is 3. The predicted octanol–water partition coefficient (Wildman–Crippen LogP) is 2.43. The molecule has 1 unspecified atom stereocenters. The summed E-state index contributed by atoms with van der Waals surface area (Å²) in [6, 6.07) is 4.65. The van der Waals surface area contributed by atoms with Crippen molar-refractivity contribution in [1.82, 2.24) is 4.31 Å². The quantitative estimate of drug-likeness (QED) is 0.756. The Morgan fingerprint density at radius 1 is 1.28 bits per heavy atom. The van der Waals surface area contributed by atoms with Crippen LogP contribution in [0.1, 0.15) is 33.3 Å². The summed E-state index contributed by atoms with van der Waals surface area (Å²) >= 11 is 0. The molecular weight excluding hydrogens is 350 g/mol. The van der Waals surface area contributed by atoms with Crippen LogP contribution in [-0.4, -0.2) is 45.4 Å². The average molecular weight is 373 g/mol. The summed E-state index contributed by atoms with van der Waals surface area (Å²) in [6.45, 7) is 7.86. The standard InChI is InChI=1S/C16H23NO7S/c1-6-21-14-16(3,4)12-10-11(8-9-13(12)23-14)24-25(19,20)17(5)15(18)22-7-2/h8-10,14H,6-7H2,1-5H3. The van der Waals surface area contributed by atoms with Crippen LogP contribution in [0.4, 0.5) is 4.79 Å². The second kappa shape index (κ2) is 7.09. The summed E-state index contributed by atoms with van der Waals surface area (Å²) in [7, 11) is -3.26. The first-order chi connectivity index (χ1) is 11.6. The number of carbonyl (C=O) groups is 1. The van der Waals surface area contributed by atoms with Crippen LogP contribution in [-0.2, 0) is 25.2 Å². The van der Waals surface area contributed by atoms with Crippen molar-refractivity contribution in [3.63, 3.8) is 0 Å². The van der Waals surface area contributed by atoms with E-state index in [9.17, 15) is 13.2 Å². The maximum absolute atomic E-state index is 12.2. The number of carbonyl (C=O) groups excluding carboxylic acids is 1. The molecule has 9 heteroatoms. The van der Waals surface area contributed by atoms with Gasteiger partial charge in [-0.15, -0.1) is 0 Å². The van der Waals surface area contributed by atoms with Crippen LogP contribution in [0.25, 0.3) is 0 Å². The summed E-state index contributed by atoms with van der Waals surface area (Å²) in [5, 5.41) is 0. The van der Waals surface area contributed by atoms with Gasteiger partial charge in [-0.3, -0.25) is 0 Å². The van der Waals surface area contributed by atoms with E-state index in [2.05, 4.69) is 4.74 Å². The fraction of sp³-hybridized carbons (Fsp3) is 0.562. The number of nitrogens with zero attached hydrogens (tertiary/aromatic N) is 1. The third kappa shape index (κ3) is 3.82. The van der Waals surface area contributed by atoms with Gasteiger partial charge in [0.15, 0.2) is 0 Å². The molecule has 1 heterocycles. The zero-order chi connectivity index (χ0) is 18.8. The molecule has 0 fully saturated rings. The van der Waals surface area contributed by atoms with E-state index in [4.69, 9.17) is 13.7 Å². The highest BCUT2D eigenvalue weighted by Crippen LogP contribution is 2.44. The second-order valence-corrected chi connectivity index (χ2v) is 7.56. The van der Waals surface area contributed by atoms with Crippen molar-refractivity contribution < 1.29 is 31.6 Å². The van der Waals surface area contributed by atoms with Gasteiger partial charge in [-0.05, 0) is 45.9 Å². The van der Waals surface area contributed by atoms with Crippen molar-refractivity contribution in [2.45, 2.75) is 39.4 Å². The maximum Gasteiger partial charge on any atom is 0.425 e. The van der Waals surface area contributed by atoms with Crippen molar-refractivity contribution in [3.8, 4) is 11.5 Å². The Balaban J connectivity index is 2.24. The Bertz CT molecular complexity index is 745. The van der Waals surface area contributed by atoms with Crippen LogP contribution < -0.4 is 8.92 Å². The number of fused-ring (bicyclic) bond motifs is 1. The highest BCUT2D eigenvalue weighted by molar-refractivity contribution is 7.85. The van der Waals surface area contributed by atoms with E-state index in [1.807, 2.05) is 20.8 Å². The Hall–Kier alpha value is -2.00. The van der Waals surface area contributed by atoms with Crippen LogP contribution in [0.3, 0.4) is 0 Å². The average Bonchev–Trinajstić information content (AvgIpc) is 2.78. The molecule has 2 rings (SSSR count). The molecule has 1 amide bonds. The smallest absolute Gasteiger partial charge is 0.425 e. The number of amides is 1. The number of rotatable bonds is 6. The van der Waals surface area contributed by atoms with Crippen molar-refractivity contribution in [3.05, 3.63) is 23.8 Å². The first kappa shape index (κ1) is 19.3. The fourth-order valence-corrected chi connectivity index (χ4v) is 3.13. The van der Waals surface area contributed by atoms with Crippen molar-refractivity contribution in [2.24, 2.45) is 0 Å². The molecule has 25 heavy (non-hydrogen) atoms. The zero-order valence-electron chi connectivity index (χ0n) is 14.9. The van der Waals surface area contributed by atoms with Crippen molar-refractivity contribution in [2.75, 3.05) is 20.3 Å². The largest absolute Gasteiger partial charge is 0.464 e. The second-order valence-electron chi connectivity index (χ2n) is 5.99. The van der Waals surface area contributed by atoms with E-state index in [1.54, 1.807) is 19.1 Å². The number of hydrogen-bond acceptors (Lipinski definition) is 7. The van der Waals surface area contributed by atoms with Gasteiger partial charge in [-0.2, -0.15) is 12.7 Å². The lowest BCUT2D eigenvalue weighted by atomic mass is 9.85. The van der Waals surface area contributed by atoms with Gasteiger partial charge in [0, 0.05) is 19.2 Å². The van der Waals surface area contributed by atoms with Gasteiger partial charge in [0.25, 0.3) is 0 Å². The third-order valence-electron chi connectivity index (χ3n) is 3.85. The number of benzene rings is 1. The van der Waals surface area contributed by atoms with Gasteiger partial charge in [0.05, 0.1) is 12.0 Å². The molecule has 8 nitrogen and oxygen atoms in total. The predicted molar refractivity (Wildman–Crippen MR) is 89.8 cm³/mol. The lowest BCUT2D eigenvalue weighted by Crippen LogP contribution is -2.36. The molecule has 0 spiro atoms. The van der Waals surface area contributed by atoms with E-state index in [0.29, 0.717) is 16.7 Å². The molecule has 0 saturated carbocycles. The molecule has 1 aliphatic heterocycles. The monoisotopic (exact) mass is 373 g/mol. The molecular formula is C16H23NO7S. The highest BCUT2D eigenvalue weighted by atomic mass is 32.2. The minimum absolute atomic E-state index is 0.0574. The lowest BCUT2D eigenvalue weighted by molar-refractivity contribution is -0.0981. The van der Waals surface area contributed by atoms with Gasteiger partial charge < -0.3 is 18.4 Å². The molecule has 1 aromatic carbocycles. The zero-order valence-corrected chi connectivity index (χ0v) is 15.8. The molecule has 0 radical (unpaired) electrons. The molecule has 0 N–H and O–H groups in total. The maximum atomic E-state index is 12.2. The minimum atomic E-state index is -4.33. The van der Waals surface area contributed by atoms with Gasteiger partial charge >= 0.3 is 16.4 Å². The first-order valence-electron chi connectivity index (χ1n) is 7.91. The Labute approximate surface area is 147 Å². The van der Waals surface area contributed by atoms with Crippen LogP contribution in [0.5, 0.6) is 11.5 Å². The van der Waals surface area contributed by atoms with Crippen LogP contribution in [0.15, 0.2) is 18.2 Å². The summed E-state index contributed by atoms with van der Waals surface area (Å²) in [4.78, 5) is 11.6. The molecule has 1 atom stereocenters. The third-order valence-corrected chi connectivity index (χ3v) is 5.07. The van der Waals surface area contributed by atoms with E-state index >= 15 is 0 Å². The van der Waals surface area contributed by atoms with Crippen LogP contribution >= 0.6 is 0 Å². The lowest BCUT2D eigenvalue weighted by Gasteiger charge is -2.25. The molecule has 1 aliphatic rings. The SMILES string of the molecule is CCOC(=O)N(C)S(=O)(=O)Oc1ccc2c(c1)C(C)(C)C(OCC)O2. The van der Waals surface area contributed by atoms with Crippen molar-refractivity contribution >= 4 is 16.4 Å². The van der Waals surface area contributed by atoms with E-state index in [-0.39, 0.29) is 12.4 Å². The Morgan fingerprint density at radius 3 is 2.56 bits per heavy atom. The van der Waals surface area contributed by atoms with Gasteiger partial charge in [-0.25, -0.2) is 4.79 Å². The highest BCUT2D eigenvalue weighted by Gasteiger charge is 2.43. The van der Waals surface area contributed by atoms with E-state index in [0.717, 1.165) is 12.6 Å². The fourth-order valence-electron chi connectivity index (χ4n) is 2.43. The van der Waals surface area contributed by atoms with Crippen LogP contribution in [0, 0.1) is 0 Å². The molecule has 140 valence electrons. The minimum Gasteiger partial charge on any atom is -0.464 e. The van der Waals surface area contributed by atoms with Gasteiger partial charge in [-0.1, -0.05) is 0 Å². The molecule has 0 saturated heterocycles. The van der Waals surface area contributed by atoms with Gasteiger partial charge in [0.1, 0.15) is 11.5 Å². The summed E-state index contributed by atoms with van der Waals surface area (Å²) < 4.78 is 45.8. The molecule has 0 aliphatic carbocycles. The Kier molecular flexibility index (Phi) is 5.48.